The maximum atomic E-state index is 12.9. The van der Waals surface area contributed by atoms with Crippen molar-refractivity contribution in [3.05, 3.63) is 64.7 Å². The molecule has 1 aromatic carbocycles. The summed E-state index contributed by atoms with van der Waals surface area (Å²) in [5, 5.41) is 3.24. The van der Waals surface area contributed by atoms with E-state index in [0.717, 1.165) is 12.1 Å². The van der Waals surface area contributed by atoms with Crippen LogP contribution in [0.15, 0.2) is 36.5 Å². The van der Waals surface area contributed by atoms with E-state index in [1.54, 1.807) is 6.07 Å². The van der Waals surface area contributed by atoms with E-state index in [9.17, 15) is 4.39 Å². The molecule has 2 nitrogen and oxygen atoms in total. The van der Waals surface area contributed by atoms with Gasteiger partial charge in [0.1, 0.15) is 5.82 Å². The normalized spacial score (nSPS) is 12.4. The third kappa shape index (κ3) is 3.38. The SMILES string of the molecule is CNC(Cc1ccc(C)c(C)c1)c1ccc(F)cn1. The maximum absolute atomic E-state index is 12.9. The lowest BCUT2D eigenvalue weighted by Crippen LogP contribution is -2.20. The predicted octanol–water partition coefficient (Wildman–Crippen LogP) is 3.34. The van der Waals surface area contributed by atoms with Crippen molar-refractivity contribution < 1.29 is 4.39 Å². The molecule has 0 fully saturated rings. The largest absolute Gasteiger partial charge is 0.311 e. The first kappa shape index (κ1) is 13.7. The third-order valence-electron chi connectivity index (χ3n) is 3.47. The van der Waals surface area contributed by atoms with Gasteiger partial charge in [0, 0.05) is 0 Å². The van der Waals surface area contributed by atoms with E-state index in [1.807, 2.05) is 7.05 Å². The lowest BCUT2D eigenvalue weighted by Gasteiger charge is -2.16. The third-order valence-corrected chi connectivity index (χ3v) is 3.47. The number of halogens is 1. The number of hydrogen-bond acceptors (Lipinski definition) is 2. The van der Waals surface area contributed by atoms with Gasteiger partial charge in [0.15, 0.2) is 0 Å². The molecular formula is C16H19FN2. The van der Waals surface area contributed by atoms with Crippen LogP contribution in [0.3, 0.4) is 0 Å². The van der Waals surface area contributed by atoms with Crippen LogP contribution in [0.5, 0.6) is 0 Å². The number of pyridine rings is 1. The molecule has 2 aromatic rings. The topological polar surface area (TPSA) is 24.9 Å². The fourth-order valence-corrected chi connectivity index (χ4v) is 2.11. The number of nitrogens with one attached hydrogen (secondary N) is 1. The molecule has 1 atom stereocenters. The van der Waals surface area contributed by atoms with E-state index in [0.29, 0.717) is 0 Å². The van der Waals surface area contributed by atoms with Gasteiger partial charge in [-0.15, -0.1) is 0 Å². The Morgan fingerprint density at radius 3 is 2.53 bits per heavy atom. The van der Waals surface area contributed by atoms with Crippen LogP contribution >= 0.6 is 0 Å². The first-order valence-electron chi connectivity index (χ1n) is 6.45. The monoisotopic (exact) mass is 258 g/mol. The van der Waals surface area contributed by atoms with E-state index < -0.39 is 0 Å². The van der Waals surface area contributed by atoms with Gasteiger partial charge in [-0.1, -0.05) is 18.2 Å². The van der Waals surface area contributed by atoms with Gasteiger partial charge in [-0.2, -0.15) is 0 Å². The average Bonchev–Trinajstić information content (AvgIpc) is 2.41. The summed E-state index contributed by atoms with van der Waals surface area (Å²) in [6, 6.07) is 9.75. The van der Waals surface area contributed by atoms with E-state index in [-0.39, 0.29) is 11.9 Å². The number of likely N-dealkylation sites (N-methyl/N-ethyl adjacent to an activating group) is 1. The zero-order valence-corrected chi connectivity index (χ0v) is 11.6. The average molecular weight is 258 g/mol. The van der Waals surface area contributed by atoms with Crippen molar-refractivity contribution in [2.24, 2.45) is 0 Å². The number of hydrogen-bond donors (Lipinski definition) is 1. The molecule has 1 heterocycles. The highest BCUT2D eigenvalue weighted by Gasteiger charge is 2.12. The summed E-state index contributed by atoms with van der Waals surface area (Å²) in [6.45, 7) is 4.22. The Morgan fingerprint density at radius 2 is 1.95 bits per heavy atom. The number of aryl methyl sites for hydroxylation is 2. The molecule has 1 N–H and O–H groups in total. The van der Waals surface area contributed by atoms with Gasteiger partial charge >= 0.3 is 0 Å². The van der Waals surface area contributed by atoms with Crippen molar-refractivity contribution in [2.45, 2.75) is 26.3 Å². The zero-order chi connectivity index (χ0) is 13.8. The van der Waals surface area contributed by atoms with Gasteiger partial charge in [0.25, 0.3) is 0 Å². The number of rotatable bonds is 4. The zero-order valence-electron chi connectivity index (χ0n) is 11.6. The Balaban J connectivity index is 2.18. The van der Waals surface area contributed by atoms with E-state index in [4.69, 9.17) is 0 Å². The highest BCUT2D eigenvalue weighted by atomic mass is 19.1. The molecule has 19 heavy (non-hydrogen) atoms. The Morgan fingerprint density at radius 1 is 1.16 bits per heavy atom. The minimum atomic E-state index is -0.301. The van der Waals surface area contributed by atoms with Crippen molar-refractivity contribution in [3.8, 4) is 0 Å². The minimum absolute atomic E-state index is 0.0997. The second kappa shape index (κ2) is 5.93. The number of nitrogens with zero attached hydrogens (tertiary/aromatic N) is 1. The van der Waals surface area contributed by atoms with Crippen molar-refractivity contribution >= 4 is 0 Å². The fourth-order valence-electron chi connectivity index (χ4n) is 2.11. The second-order valence-corrected chi connectivity index (χ2v) is 4.87. The molecule has 100 valence electrons. The van der Waals surface area contributed by atoms with Gasteiger partial charge in [-0.05, 0) is 56.1 Å². The standard InChI is InChI=1S/C16H19FN2/c1-11-4-5-13(8-12(11)2)9-16(18-3)15-7-6-14(17)10-19-15/h4-8,10,16,18H,9H2,1-3H3. The molecule has 0 saturated carbocycles. The molecule has 0 aliphatic heterocycles. The van der Waals surface area contributed by atoms with Crippen molar-refractivity contribution in [1.29, 1.82) is 0 Å². The maximum Gasteiger partial charge on any atom is 0.141 e. The van der Waals surface area contributed by atoms with Crippen LogP contribution in [0.25, 0.3) is 0 Å². The molecule has 0 aliphatic carbocycles. The first-order chi connectivity index (χ1) is 9.10. The molecule has 0 bridgehead atoms. The summed E-state index contributed by atoms with van der Waals surface area (Å²) in [5.74, 6) is -0.301. The minimum Gasteiger partial charge on any atom is -0.311 e. The smallest absolute Gasteiger partial charge is 0.141 e. The highest BCUT2D eigenvalue weighted by Crippen LogP contribution is 2.18. The van der Waals surface area contributed by atoms with Gasteiger partial charge in [0.2, 0.25) is 0 Å². The first-order valence-corrected chi connectivity index (χ1v) is 6.45. The molecule has 2 rings (SSSR count). The molecule has 1 aromatic heterocycles. The van der Waals surface area contributed by atoms with Gasteiger partial charge < -0.3 is 5.32 Å². The van der Waals surface area contributed by atoms with Gasteiger partial charge in [0.05, 0.1) is 17.9 Å². The van der Waals surface area contributed by atoms with Crippen LogP contribution in [-0.2, 0) is 6.42 Å². The summed E-state index contributed by atoms with van der Waals surface area (Å²) >= 11 is 0. The molecule has 3 heteroatoms. The Bertz CT molecular complexity index is 549. The van der Waals surface area contributed by atoms with E-state index >= 15 is 0 Å². The Labute approximate surface area is 113 Å². The molecule has 1 unspecified atom stereocenters. The Hall–Kier alpha value is -1.74. The van der Waals surface area contributed by atoms with E-state index in [2.05, 4.69) is 42.3 Å². The van der Waals surface area contributed by atoms with Gasteiger partial charge in [-0.3, -0.25) is 4.98 Å². The second-order valence-electron chi connectivity index (χ2n) is 4.87. The summed E-state index contributed by atoms with van der Waals surface area (Å²) in [6.07, 6.45) is 2.11. The fraction of sp³-hybridized carbons (Fsp3) is 0.312. The van der Waals surface area contributed by atoms with Crippen LogP contribution in [0.4, 0.5) is 4.39 Å². The van der Waals surface area contributed by atoms with Crippen LogP contribution in [0.1, 0.15) is 28.4 Å². The summed E-state index contributed by atoms with van der Waals surface area (Å²) in [4.78, 5) is 4.15. The van der Waals surface area contributed by atoms with Crippen LogP contribution in [0, 0.1) is 19.7 Å². The van der Waals surface area contributed by atoms with Crippen molar-refractivity contribution in [3.63, 3.8) is 0 Å². The number of aromatic nitrogens is 1. The summed E-state index contributed by atoms with van der Waals surface area (Å²) < 4.78 is 12.9. The number of benzene rings is 1. The van der Waals surface area contributed by atoms with Gasteiger partial charge in [-0.25, -0.2) is 4.39 Å². The highest BCUT2D eigenvalue weighted by molar-refractivity contribution is 5.31. The van der Waals surface area contributed by atoms with E-state index in [1.165, 1.54) is 29.0 Å². The molecule has 0 aliphatic rings. The Kier molecular flexibility index (Phi) is 4.27. The molecular weight excluding hydrogens is 239 g/mol. The molecule has 0 spiro atoms. The molecule has 0 amide bonds. The lowest BCUT2D eigenvalue weighted by atomic mass is 9.99. The van der Waals surface area contributed by atoms with Crippen LogP contribution in [-0.4, -0.2) is 12.0 Å². The summed E-state index contributed by atoms with van der Waals surface area (Å²) in [5.41, 5.74) is 4.71. The lowest BCUT2D eigenvalue weighted by molar-refractivity contribution is 0.565. The molecule has 0 radical (unpaired) electrons. The molecule has 0 saturated heterocycles. The van der Waals surface area contributed by atoms with Crippen molar-refractivity contribution in [2.75, 3.05) is 7.05 Å². The summed E-state index contributed by atoms with van der Waals surface area (Å²) in [7, 11) is 1.90. The quantitative estimate of drug-likeness (QED) is 0.909. The predicted molar refractivity (Wildman–Crippen MR) is 75.6 cm³/mol. The van der Waals surface area contributed by atoms with Crippen LogP contribution in [0.2, 0.25) is 0 Å². The van der Waals surface area contributed by atoms with Crippen molar-refractivity contribution in [1.82, 2.24) is 10.3 Å². The van der Waals surface area contributed by atoms with Crippen LogP contribution < -0.4 is 5.32 Å².